The number of hydrogen-bond donors (Lipinski definition) is 2. The van der Waals surface area contributed by atoms with E-state index in [0.717, 1.165) is 12.8 Å². The molecule has 2 rings (SSSR count). The molecule has 4 heteroatoms. The smallest absolute Gasteiger partial charge is 0.166 e. The molecule has 16 heavy (non-hydrogen) atoms. The molecule has 0 amide bonds. The summed E-state index contributed by atoms with van der Waals surface area (Å²) in [6.07, 6.45) is 2.15. The summed E-state index contributed by atoms with van der Waals surface area (Å²) in [6.45, 7) is 6.54. The van der Waals surface area contributed by atoms with Gasteiger partial charge in [0.2, 0.25) is 0 Å². The Hall–Kier alpha value is -0.640. The second kappa shape index (κ2) is 3.42. The average molecular weight is 240 g/mol. The minimum atomic E-state index is -0.168. The van der Waals surface area contributed by atoms with Crippen molar-refractivity contribution in [3.8, 4) is 0 Å². The van der Waals surface area contributed by atoms with Crippen LogP contribution in [0.15, 0.2) is 0 Å². The van der Waals surface area contributed by atoms with E-state index in [1.54, 1.807) is 7.05 Å². The first kappa shape index (κ1) is 11.8. The van der Waals surface area contributed by atoms with Crippen LogP contribution in [0.3, 0.4) is 0 Å². The van der Waals surface area contributed by atoms with E-state index in [1.165, 1.54) is 0 Å². The van der Waals surface area contributed by atoms with Crippen molar-refractivity contribution in [1.29, 1.82) is 0 Å². The van der Waals surface area contributed by atoms with Crippen molar-refractivity contribution in [3.63, 3.8) is 0 Å². The van der Waals surface area contributed by atoms with Crippen molar-refractivity contribution < 1.29 is 4.79 Å². The third kappa shape index (κ3) is 1.25. The molecule has 0 saturated heterocycles. The van der Waals surface area contributed by atoms with E-state index in [1.807, 2.05) is 0 Å². The van der Waals surface area contributed by atoms with E-state index in [-0.39, 0.29) is 16.9 Å². The maximum atomic E-state index is 12.4. The van der Waals surface area contributed by atoms with Crippen molar-refractivity contribution in [2.24, 2.45) is 16.7 Å². The standard InChI is InChI=1S/C12H20N2OS/c1-11(2)7-5-6-12(11,3)9(15)8(7)14-10(16)13-4/h7-8H,5-6H2,1-4H3,(H2,13,14,16). The summed E-state index contributed by atoms with van der Waals surface area (Å²) in [6, 6.07) is -0.0892. The van der Waals surface area contributed by atoms with Gasteiger partial charge in [0.05, 0.1) is 6.04 Å². The fourth-order valence-electron chi connectivity index (χ4n) is 3.47. The molecule has 0 heterocycles. The van der Waals surface area contributed by atoms with Crippen LogP contribution in [0.25, 0.3) is 0 Å². The zero-order chi connectivity index (χ0) is 12.1. The van der Waals surface area contributed by atoms with Crippen LogP contribution >= 0.6 is 12.2 Å². The molecule has 0 aromatic heterocycles. The van der Waals surface area contributed by atoms with Gasteiger partial charge in [0.1, 0.15) is 0 Å². The van der Waals surface area contributed by atoms with Crippen molar-refractivity contribution in [1.82, 2.24) is 10.6 Å². The lowest BCUT2D eigenvalue weighted by Gasteiger charge is -2.32. The number of rotatable bonds is 1. The number of hydrogen-bond acceptors (Lipinski definition) is 2. The van der Waals surface area contributed by atoms with E-state index < -0.39 is 0 Å². The minimum absolute atomic E-state index is 0.0884. The Balaban J connectivity index is 2.26. The van der Waals surface area contributed by atoms with Crippen LogP contribution in [0.5, 0.6) is 0 Å². The summed E-state index contributed by atoms with van der Waals surface area (Å²) in [5.41, 5.74) is -0.0796. The maximum Gasteiger partial charge on any atom is 0.166 e. The predicted octanol–water partition coefficient (Wildman–Crippen LogP) is 1.47. The topological polar surface area (TPSA) is 41.1 Å². The van der Waals surface area contributed by atoms with E-state index in [9.17, 15) is 4.79 Å². The van der Waals surface area contributed by atoms with Gasteiger partial charge in [-0.05, 0) is 36.4 Å². The van der Waals surface area contributed by atoms with Crippen LogP contribution in [-0.2, 0) is 4.79 Å². The Kier molecular flexibility index (Phi) is 2.53. The predicted molar refractivity (Wildman–Crippen MR) is 68.2 cm³/mol. The Morgan fingerprint density at radius 2 is 2.06 bits per heavy atom. The number of nitrogens with one attached hydrogen (secondary N) is 2. The van der Waals surface area contributed by atoms with Gasteiger partial charge in [-0.1, -0.05) is 20.8 Å². The quantitative estimate of drug-likeness (QED) is 0.681. The number of thiocarbonyl (C=S) groups is 1. The molecule has 2 bridgehead atoms. The van der Waals surface area contributed by atoms with Crippen LogP contribution in [0, 0.1) is 16.7 Å². The first-order valence-corrected chi connectivity index (χ1v) is 6.28. The Morgan fingerprint density at radius 1 is 1.44 bits per heavy atom. The number of carbonyl (C=O) groups excluding carboxylic acids is 1. The van der Waals surface area contributed by atoms with Crippen LogP contribution < -0.4 is 10.6 Å². The van der Waals surface area contributed by atoms with Gasteiger partial charge in [-0.3, -0.25) is 4.79 Å². The fraction of sp³-hybridized carbons (Fsp3) is 0.833. The molecule has 0 aromatic carbocycles. The highest BCUT2D eigenvalue weighted by Crippen LogP contribution is 2.63. The van der Waals surface area contributed by atoms with Crippen LogP contribution in [0.2, 0.25) is 0 Å². The molecule has 0 radical (unpaired) electrons. The summed E-state index contributed by atoms with van der Waals surface area (Å²) in [4.78, 5) is 12.4. The molecule has 2 aliphatic carbocycles. The van der Waals surface area contributed by atoms with Crippen LogP contribution in [-0.4, -0.2) is 24.0 Å². The number of carbonyl (C=O) groups is 1. The van der Waals surface area contributed by atoms with Gasteiger partial charge in [0, 0.05) is 12.5 Å². The van der Waals surface area contributed by atoms with Gasteiger partial charge in [-0.25, -0.2) is 0 Å². The highest BCUT2D eigenvalue weighted by Gasteiger charge is 2.66. The van der Waals surface area contributed by atoms with Gasteiger partial charge in [0.25, 0.3) is 0 Å². The lowest BCUT2D eigenvalue weighted by molar-refractivity contribution is -0.129. The highest BCUT2D eigenvalue weighted by molar-refractivity contribution is 7.80. The molecule has 0 aromatic rings. The maximum absolute atomic E-state index is 12.4. The van der Waals surface area contributed by atoms with Gasteiger partial charge >= 0.3 is 0 Å². The second-order valence-electron chi connectivity index (χ2n) is 5.76. The van der Waals surface area contributed by atoms with Gasteiger partial charge < -0.3 is 10.6 Å². The number of ketones is 1. The molecule has 3 unspecified atom stereocenters. The van der Waals surface area contributed by atoms with E-state index in [2.05, 4.69) is 31.4 Å². The molecular formula is C12H20N2OS. The van der Waals surface area contributed by atoms with E-state index in [4.69, 9.17) is 12.2 Å². The first-order chi connectivity index (χ1) is 7.34. The van der Waals surface area contributed by atoms with E-state index in [0.29, 0.717) is 16.8 Å². The van der Waals surface area contributed by atoms with Gasteiger partial charge in [0.15, 0.2) is 10.9 Å². The molecule has 2 saturated carbocycles. The summed E-state index contributed by atoms with van der Waals surface area (Å²) >= 11 is 5.10. The summed E-state index contributed by atoms with van der Waals surface area (Å²) in [5, 5.41) is 6.62. The Morgan fingerprint density at radius 3 is 2.50 bits per heavy atom. The molecule has 2 fully saturated rings. The first-order valence-electron chi connectivity index (χ1n) is 5.87. The van der Waals surface area contributed by atoms with Gasteiger partial charge in [-0.15, -0.1) is 0 Å². The molecule has 90 valence electrons. The van der Waals surface area contributed by atoms with Crippen molar-refractivity contribution in [3.05, 3.63) is 0 Å². The van der Waals surface area contributed by atoms with Crippen LogP contribution in [0.1, 0.15) is 33.6 Å². The second-order valence-corrected chi connectivity index (χ2v) is 6.17. The molecule has 3 atom stereocenters. The molecular weight excluding hydrogens is 220 g/mol. The zero-order valence-corrected chi connectivity index (χ0v) is 11.2. The average Bonchev–Trinajstić information content (AvgIpc) is 2.53. The van der Waals surface area contributed by atoms with Crippen molar-refractivity contribution in [2.75, 3.05) is 7.05 Å². The van der Waals surface area contributed by atoms with Crippen LogP contribution in [0.4, 0.5) is 0 Å². The molecule has 2 aliphatic rings. The van der Waals surface area contributed by atoms with Gasteiger partial charge in [-0.2, -0.15) is 0 Å². The third-order valence-corrected chi connectivity index (χ3v) is 5.37. The Bertz CT molecular complexity index is 353. The fourth-order valence-corrected chi connectivity index (χ4v) is 3.59. The third-order valence-electron chi connectivity index (χ3n) is 5.05. The monoisotopic (exact) mass is 240 g/mol. The number of Topliss-reactive ketones (excluding diaryl/α,β-unsaturated/α-hetero) is 1. The normalized spacial score (nSPS) is 39.9. The van der Waals surface area contributed by atoms with Crippen molar-refractivity contribution >= 4 is 23.1 Å². The molecule has 2 N–H and O–H groups in total. The molecule has 3 nitrogen and oxygen atoms in total. The lowest BCUT2D eigenvalue weighted by atomic mass is 9.70. The SMILES string of the molecule is CNC(=S)NC1C(=O)C2(C)CCC1C2(C)C. The number of fused-ring (bicyclic) bond motifs is 2. The summed E-state index contributed by atoms with van der Waals surface area (Å²) < 4.78 is 0. The summed E-state index contributed by atoms with van der Waals surface area (Å²) in [5.74, 6) is 0.752. The largest absolute Gasteiger partial charge is 0.366 e. The Labute approximate surface area is 102 Å². The lowest BCUT2D eigenvalue weighted by Crippen LogP contribution is -2.49. The van der Waals surface area contributed by atoms with E-state index >= 15 is 0 Å². The summed E-state index contributed by atoms with van der Waals surface area (Å²) in [7, 11) is 1.78. The molecule has 0 aliphatic heterocycles. The minimum Gasteiger partial charge on any atom is -0.366 e. The molecule has 0 spiro atoms. The zero-order valence-electron chi connectivity index (χ0n) is 10.4. The highest BCUT2D eigenvalue weighted by atomic mass is 32.1. The van der Waals surface area contributed by atoms with Crippen molar-refractivity contribution in [2.45, 2.75) is 39.7 Å².